The molecule has 2 heterocycles. The Morgan fingerprint density at radius 1 is 1.25 bits per heavy atom. The lowest BCUT2D eigenvalue weighted by molar-refractivity contribution is -0.131. The van der Waals surface area contributed by atoms with Crippen molar-refractivity contribution in [2.24, 2.45) is 0 Å². The van der Waals surface area contributed by atoms with E-state index in [4.69, 9.17) is 0 Å². The van der Waals surface area contributed by atoms with E-state index < -0.39 is 0 Å². The topological polar surface area (TPSA) is 110 Å². The molecule has 0 unspecified atom stereocenters. The maximum absolute atomic E-state index is 12.5. The minimum Gasteiger partial charge on any atom is -0.349 e. The molecule has 2 aromatic rings. The van der Waals surface area contributed by atoms with Crippen LogP contribution in [0.4, 0.5) is 0 Å². The van der Waals surface area contributed by atoms with E-state index in [0.29, 0.717) is 17.0 Å². The molecule has 0 bridgehead atoms. The molecule has 1 aliphatic rings. The van der Waals surface area contributed by atoms with Crippen LogP contribution in [0.1, 0.15) is 53.8 Å². The van der Waals surface area contributed by atoms with Crippen LogP contribution in [-0.4, -0.2) is 44.7 Å². The molecule has 2 amide bonds. The molecule has 1 saturated carbocycles. The predicted octanol–water partition coefficient (Wildman–Crippen LogP) is 1.26. The van der Waals surface area contributed by atoms with Gasteiger partial charge in [0, 0.05) is 25.4 Å². The van der Waals surface area contributed by atoms with Gasteiger partial charge in [-0.3, -0.25) is 14.4 Å². The lowest BCUT2D eigenvalue weighted by Gasteiger charge is -2.23. The van der Waals surface area contributed by atoms with Crippen molar-refractivity contribution in [2.75, 3.05) is 7.05 Å². The fraction of sp³-hybridized carbons (Fsp3) is 0.526. The molecule has 3 rings (SSSR count). The Hall–Kier alpha value is -2.97. The van der Waals surface area contributed by atoms with Crippen LogP contribution in [0.5, 0.6) is 0 Å². The van der Waals surface area contributed by atoms with Crippen LogP contribution >= 0.6 is 0 Å². The highest BCUT2D eigenvalue weighted by Crippen LogP contribution is 2.17. The summed E-state index contributed by atoms with van der Waals surface area (Å²) >= 11 is 0. The van der Waals surface area contributed by atoms with Crippen LogP contribution in [0.3, 0.4) is 0 Å². The average Bonchev–Trinajstić information content (AvgIpc) is 3.08. The Kier molecular flexibility index (Phi) is 6.23. The van der Waals surface area contributed by atoms with Crippen molar-refractivity contribution in [1.82, 2.24) is 25.1 Å². The van der Waals surface area contributed by atoms with Gasteiger partial charge in [-0.15, -0.1) is 0 Å². The summed E-state index contributed by atoms with van der Waals surface area (Å²) in [5.41, 5.74) is 1.20. The monoisotopic (exact) mass is 387 g/mol. The summed E-state index contributed by atoms with van der Waals surface area (Å²) in [6.07, 6.45) is 6.83. The minimum atomic E-state index is -0.338. The largest absolute Gasteiger partial charge is 0.349 e. The molecule has 0 saturated heterocycles. The van der Waals surface area contributed by atoms with Gasteiger partial charge in [-0.1, -0.05) is 29.6 Å². The molecule has 0 radical (unpaired) electrons. The third kappa shape index (κ3) is 4.85. The maximum atomic E-state index is 12.5. The number of carbonyl (C=O) groups excluding carboxylic acids is 2. The van der Waals surface area contributed by atoms with Crippen molar-refractivity contribution in [1.29, 1.82) is 0 Å². The molecule has 1 N–H and O–H groups in total. The highest BCUT2D eigenvalue weighted by molar-refractivity contribution is 5.94. The fourth-order valence-corrected chi connectivity index (χ4v) is 3.28. The van der Waals surface area contributed by atoms with Gasteiger partial charge in [0.2, 0.25) is 5.91 Å². The molecule has 28 heavy (non-hydrogen) atoms. The van der Waals surface area contributed by atoms with Crippen LogP contribution in [0.15, 0.2) is 27.8 Å². The number of hydrogen-bond acceptors (Lipinski definition) is 6. The van der Waals surface area contributed by atoms with Gasteiger partial charge in [-0.05, 0) is 25.8 Å². The van der Waals surface area contributed by atoms with Crippen molar-refractivity contribution >= 4 is 11.8 Å². The van der Waals surface area contributed by atoms with E-state index in [1.54, 1.807) is 14.0 Å². The molecule has 9 heteroatoms. The first-order chi connectivity index (χ1) is 13.4. The van der Waals surface area contributed by atoms with E-state index in [-0.39, 0.29) is 36.5 Å². The third-order valence-electron chi connectivity index (χ3n) is 5.05. The molecule has 2 aromatic heterocycles. The van der Waals surface area contributed by atoms with Gasteiger partial charge in [0.1, 0.15) is 17.9 Å². The summed E-state index contributed by atoms with van der Waals surface area (Å²) in [7, 11) is 1.61. The molecule has 0 spiro atoms. The van der Waals surface area contributed by atoms with Gasteiger partial charge in [-0.25, -0.2) is 4.63 Å². The Bertz CT molecular complexity index is 898. The highest BCUT2D eigenvalue weighted by Gasteiger charge is 2.18. The number of nitrogens with one attached hydrogen (secondary N) is 1. The van der Waals surface area contributed by atoms with Crippen molar-refractivity contribution < 1.29 is 14.2 Å². The van der Waals surface area contributed by atoms with Crippen LogP contribution in [0.2, 0.25) is 0 Å². The fourth-order valence-electron chi connectivity index (χ4n) is 3.28. The number of hydrogen-bond donors (Lipinski definition) is 1. The van der Waals surface area contributed by atoms with Crippen LogP contribution in [-0.2, 0) is 17.9 Å². The number of aromatic nitrogens is 3. The number of nitrogens with zero attached hydrogens (tertiary/aromatic N) is 4. The maximum Gasteiger partial charge on any atom is 0.252 e. The summed E-state index contributed by atoms with van der Waals surface area (Å²) in [4.78, 5) is 38.6. The quantitative estimate of drug-likeness (QED) is 0.799. The van der Waals surface area contributed by atoms with Crippen molar-refractivity contribution in [3.05, 3.63) is 45.6 Å². The van der Waals surface area contributed by atoms with Crippen molar-refractivity contribution in [3.8, 4) is 0 Å². The Morgan fingerprint density at radius 2 is 2.00 bits per heavy atom. The molecular formula is C19H25N5O4. The summed E-state index contributed by atoms with van der Waals surface area (Å²) < 4.78 is 5.88. The first kappa shape index (κ1) is 19.8. The third-order valence-corrected chi connectivity index (χ3v) is 5.05. The number of rotatable bonds is 6. The standard InChI is InChI=1S/C19H25N5O4/c1-13-16(22-28-21-13)11-23(2)18(26)12-24-10-14(8-9-17(24)25)19(27)20-15-6-4-3-5-7-15/h8-10,15H,3-7,11-12H2,1-2H3,(H,20,27). The summed E-state index contributed by atoms with van der Waals surface area (Å²) in [6, 6.07) is 2.98. The molecule has 9 nitrogen and oxygen atoms in total. The zero-order valence-electron chi connectivity index (χ0n) is 16.2. The molecule has 1 aliphatic carbocycles. The van der Waals surface area contributed by atoms with E-state index in [0.717, 1.165) is 25.7 Å². The summed E-state index contributed by atoms with van der Waals surface area (Å²) in [5, 5.41) is 10.5. The van der Waals surface area contributed by atoms with Gasteiger partial charge in [0.05, 0.1) is 12.1 Å². The van der Waals surface area contributed by atoms with E-state index in [9.17, 15) is 14.4 Å². The molecule has 0 aromatic carbocycles. The Balaban J connectivity index is 1.65. The second kappa shape index (κ2) is 8.81. The normalized spacial score (nSPS) is 14.6. The van der Waals surface area contributed by atoms with Gasteiger partial charge < -0.3 is 14.8 Å². The minimum absolute atomic E-state index is 0.162. The zero-order chi connectivity index (χ0) is 20.1. The number of carbonyl (C=O) groups is 2. The highest BCUT2D eigenvalue weighted by atomic mass is 16.6. The molecule has 0 atom stereocenters. The average molecular weight is 387 g/mol. The van der Waals surface area contributed by atoms with Gasteiger partial charge in [-0.2, -0.15) is 0 Å². The lowest BCUT2D eigenvalue weighted by atomic mass is 9.95. The van der Waals surface area contributed by atoms with Crippen LogP contribution in [0, 0.1) is 6.92 Å². The van der Waals surface area contributed by atoms with Crippen LogP contribution in [0.25, 0.3) is 0 Å². The number of likely N-dealkylation sites (N-methyl/N-ethyl adjacent to an activating group) is 1. The number of pyridine rings is 1. The van der Waals surface area contributed by atoms with E-state index >= 15 is 0 Å². The van der Waals surface area contributed by atoms with Gasteiger partial charge >= 0.3 is 0 Å². The Labute approximate surface area is 162 Å². The summed E-state index contributed by atoms with van der Waals surface area (Å²) in [6.45, 7) is 1.80. The SMILES string of the molecule is Cc1nonc1CN(C)C(=O)Cn1cc(C(=O)NC2CCCCC2)ccc1=O. The van der Waals surface area contributed by atoms with Gasteiger partial charge in [0.25, 0.3) is 11.5 Å². The van der Waals surface area contributed by atoms with Crippen molar-refractivity contribution in [3.63, 3.8) is 0 Å². The number of amides is 2. The molecule has 1 fully saturated rings. The first-order valence-corrected chi connectivity index (χ1v) is 9.47. The van der Waals surface area contributed by atoms with Crippen molar-refractivity contribution in [2.45, 2.75) is 58.2 Å². The lowest BCUT2D eigenvalue weighted by Crippen LogP contribution is -2.37. The predicted molar refractivity (Wildman–Crippen MR) is 101 cm³/mol. The van der Waals surface area contributed by atoms with E-state index in [1.807, 2.05) is 0 Å². The zero-order valence-corrected chi connectivity index (χ0v) is 16.2. The van der Waals surface area contributed by atoms with Gasteiger partial charge in [0.15, 0.2) is 0 Å². The Morgan fingerprint density at radius 3 is 2.68 bits per heavy atom. The second-order valence-corrected chi connectivity index (χ2v) is 7.24. The first-order valence-electron chi connectivity index (χ1n) is 9.47. The molecular weight excluding hydrogens is 362 g/mol. The smallest absolute Gasteiger partial charge is 0.252 e. The second-order valence-electron chi connectivity index (χ2n) is 7.24. The molecule has 0 aliphatic heterocycles. The summed E-state index contributed by atoms with van der Waals surface area (Å²) in [5.74, 6) is -0.500. The van der Waals surface area contributed by atoms with Crippen LogP contribution < -0.4 is 10.9 Å². The number of aryl methyl sites for hydroxylation is 1. The van der Waals surface area contributed by atoms with E-state index in [1.165, 1.54) is 34.2 Å². The molecule has 150 valence electrons. The van der Waals surface area contributed by atoms with E-state index in [2.05, 4.69) is 20.3 Å².